The molecule has 2 nitrogen and oxygen atoms in total. The molecule has 1 aromatic rings. The molecule has 1 aliphatic heterocycles. The van der Waals surface area contributed by atoms with E-state index in [2.05, 4.69) is 37.2 Å². The first kappa shape index (κ1) is 13.7. The number of nitrogens with zero attached hydrogens (tertiary/aromatic N) is 1. The van der Waals surface area contributed by atoms with E-state index in [4.69, 9.17) is 11.6 Å². The largest absolute Gasteiger partial charge is 0.381 e. The van der Waals surface area contributed by atoms with Gasteiger partial charge in [-0.15, -0.1) is 0 Å². The molecule has 0 aliphatic carbocycles. The van der Waals surface area contributed by atoms with Crippen LogP contribution in [0.4, 0.5) is 5.69 Å². The van der Waals surface area contributed by atoms with Crippen LogP contribution in [0.3, 0.4) is 0 Å². The van der Waals surface area contributed by atoms with Crippen molar-refractivity contribution in [2.45, 2.75) is 32.7 Å². The second-order valence-corrected chi connectivity index (χ2v) is 5.91. The van der Waals surface area contributed by atoms with Crippen molar-refractivity contribution >= 4 is 17.3 Å². The van der Waals surface area contributed by atoms with Gasteiger partial charge in [0, 0.05) is 6.04 Å². The maximum Gasteiger partial charge on any atom is 0.0640 e. The van der Waals surface area contributed by atoms with Crippen LogP contribution in [-0.2, 0) is 0 Å². The van der Waals surface area contributed by atoms with Gasteiger partial charge in [0.05, 0.1) is 10.7 Å². The highest BCUT2D eigenvalue weighted by molar-refractivity contribution is 6.33. The van der Waals surface area contributed by atoms with Gasteiger partial charge in [-0.1, -0.05) is 23.7 Å². The molecule has 0 amide bonds. The Morgan fingerprint density at radius 3 is 2.61 bits per heavy atom. The third-order valence-electron chi connectivity index (χ3n) is 4.06. The first-order valence-corrected chi connectivity index (χ1v) is 7.16. The van der Waals surface area contributed by atoms with E-state index in [1.165, 1.54) is 31.5 Å². The minimum Gasteiger partial charge on any atom is -0.381 e. The highest BCUT2D eigenvalue weighted by Crippen LogP contribution is 2.29. The molecule has 1 saturated heterocycles. The van der Waals surface area contributed by atoms with Crippen LogP contribution < -0.4 is 5.32 Å². The Morgan fingerprint density at radius 2 is 2.00 bits per heavy atom. The predicted octanol–water partition coefficient (Wildman–Crippen LogP) is 3.79. The van der Waals surface area contributed by atoms with E-state index < -0.39 is 0 Å². The van der Waals surface area contributed by atoms with Gasteiger partial charge in [-0.25, -0.2) is 0 Å². The number of rotatable bonds is 3. The number of halogens is 1. The number of anilines is 1. The van der Waals surface area contributed by atoms with Gasteiger partial charge in [0.1, 0.15) is 0 Å². The SMILES string of the molecule is Cc1cccc(Cl)c1NC(C)C1CCN(C)CC1. The summed E-state index contributed by atoms with van der Waals surface area (Å²) in [6.45, 7) is 6.80. The Balaban J connectivity index is 2.00. The molecule has 0 spiro atoms. The Morgan fingerprint density at radius 1 is 1.33 bits per heavy atom. The molecule has 18 heavy (non-hydrogen) atoms. The van der Waals surface area contributed by atoms with Crippen molar-refractivity contribution in [3.8, 4) is 0 Å². The van der Waals surface area contributed by atoms with Crippen LogP contribution in [0.1, 0.15) is 25.3 Å². The standard InChI is InChI=1S/C15H23ClN2/c1-11-5-4-6-14(16)15(11)17-12(2)13-7-9-18(3)10-8-13/h4-6,12-13,17H,7-10H2,1-3H3. The lowest BCUT2D eigenvalue weighted by molar-refractivity contribution is 0.208. The summed E-state index contributed by atoms with van der Waals surface area (Å²) in [7, 11) is 2.20. The molecule has 0 saturated carbocycles. The number of nitrogens with one attached hydrogen (secondary N) is 1. The lowest BCUT2D eigenvalue weighted by Crippen LogP contribution is -2.37. The Kier molecular flexibility index (Phi) is 4.52. The van der Waals surface area contributed by atoms with Gasteiger partial charge in [-0.05, 0) is 64.4 Å². The first-order valence-electron chi connectivity index (χ1n) is 6.78. The van der Waals surface area contributed by atoms with Crippen molar-refractivity contribution in [2.24, 2.45) is 5.92 Å². The van der Waals surface area contributed by atoms with Crippen molar-refractivity contribution in [3.63, 3.8) is 0 Å². The molecule has 0 bridgehead atoms. The molecule has 1 aromatic carbocycles. The summed E-state index contributed by atoms with van der Waals surface area (Å²) in [6, 6.07) is 6.55. The zero-order chi connectivity index (χ0) is 13.1. The summed E-state index contributed by atoms with van der Waals surface area (Å²) in [6.07, 6.45) is 2.54. The maximum absolute atomic E-state index is 6.26. The molecule has 1 atom stereocenters. The smallest absolute Gasteiger partial charge is 0.0640 e. The summed E-state index contributed by atoms with van der Waals surface area (Å²) < 4.78 is 0. The normalized spacial score (nSPS) is 19.8. The quantitative estimate of drug-likeness (QED) is 0.896. The molecule has 0 radical (unpaired) electrons. The molecule has 100 valence electrons. The van der Waals surface area contributed by atoms with Crippen LogP contribution >= 0.6 is 11.6 Å². The fourth-order valence-electron chi connectivity index (χ4n) is 2.69. The van der Waals surface area contributed by atoms with Gasteiger partial charge in [0.25, 0.3) is 0 Å². The summed E-state index contributed by atoms with van der Waals surface area (Å²) >= 11 is 6.26. The predicted molar refractivity (Wildman–Crippen MR) is 79.5 cm³/mol. The van der Waals surface area contributed by atoms with Crippen molar-refractivity contribution in [3.05, 3.63) is 28.8 Å². The van der Waals surface area contributed by atoms with Gasteiger partial charge in [-0.3, -0.25) is 0 Å². The van der Waals surface area contributed by atoms with Crippen molar-refractivity contribution < 1.29 is 0 Å². The van der Waals surface area contributed by atoms with E-state index in [1.54, 1.807) is 0 Å². The zero-order valence-electron chi connectivity index (χ0n) is 11.5. The molecular weight excluding hydrogens is 244 g/mol. The average Bonchev–Trinajstić information content (AvgIpc) is 2.34. The topological polar surface area (TPSA) is 15.3 Å². The summed E-state index contributed by atoms with van der Waals surface area (Å²) in [5.74, 6) is 0.747. The fraction of sp³-hybridized carbons (Fsp3) is 0.600. The lowest BCUT2D eigenvalue weighted by atomic mass is 9.90. The third-order valence-corrected chi connectivity index (χ3v) is 4.38. The number of hydrogen-bond acceptors (Lipinski definition) is 2. The summed E-state index contributed by atoms with van der Waals surface area (Å²) in [5.41, 5.74) is 2.33. The van der Waals surface area contributed by atoms with Crippen molar-refractivity contribution in [1.82, 2.24) is 4.90 Å². The minimum atomic E-state index is 0.484. The molecule has 1 fully saturated rings. The first-order chi connectivity index (χ1) is 8.58. The monoisotopic (exact) mass is 266 g/mol. The third kappa shape index (κ3) is 3.18. The zero-order valence-corrected chi connectivity index (χ0v) is 12.3. The van der Waals surface area contributed by atoms with Gasteiger partial charge in [0.2, 0.25) is 0 Å². The van der Waals surface area contributed by atoms with Crippen LogP contribution in [0.15, 0.2) is 18.2 Å². The minimum absolute atomic E-state index is 0.484. The van der Waals surface area contributed by atoms with E-state index in [9.17, 15) is 0 Å². The highest BCUT2D eigenvalue weighted by atomic mass is 35.5. The molecule has 1 heterocycles. The van der Waals surface area contributed by atoms with Crippen LogP contribution in [0, 0.1) is 12.8 Å². The molecule has 1 aliphatic rings. The van der Waals surface area contributed by atoms with Crippen molar-refractivity contribution in [1.29, 1.82) is 0 Å². The molecule has 2 rings (SSSR count). The number of likely N-dealkylation sites (tertiary alicyclic amines) is 1. The van der Waals surface area contributed by atoms with Crippen LogP contribution in [0.2, 0.25) is 5.02 Å². The Labute approximate surface area is 115 Å². The number of benzene rings is 1. The second kappa shape index (κ2) is 5.94. The molecule has 1 N–H and O–H groups in total. The van der Waals surface area contributed by atoms with Crippen molar-refractivity contribution in [2.75, 3.05) is 25.5 Å². The van der Waals surface area contributed by atoms with Gasteiger partial charge < -0.3 is 10.2 Å². The van der Waals surface area contributed by atoms with E-state index in [0.29, 0.717) is 6.04 Å². The summed E-state index contributed by atoms with van der Waals surface area (Å²) in [5, 5.41) is 4.44. The summed E-state index contributed by atoms with van der Waals surface area (Å²) in [4.78, 5) is 2.41. The molecule has 3 heteroatoms. The van der Waals surface area contributed by atoms with Gasteiger partial charge >= 0.3 is 0 Å². The lowest BCUT2D eigenvalue weighted by Gasteiger charge is -2.33. The Hall–Kier alpha value is -0.730. The van der Waals surface area contributed by atoms with E-state index in [-0.39, 0.29) is 0 Å². The van der Waals surface area contributed by atoms with Gasteiger partial charge in [-0.2, -0.15) is 0 Å². The number of para-hydroxylation sites is 1. The van der Waals surface area contributed by atoms with Gasteiger partial charge in [0.15, 0.2) is 0 Å². The van der Waals surface area contributed by atoms with E-state index in [1.807, 2.05) is 12.1 Å². The average molecular weight is 267 g/mol. The van der Waals surface area contributed by atoms with E-state index >= 15 is 0 Å². The maximum atomic E-state index is 6.26. The highest BCUT2D eigenvalue weighted by Gasteiger charge is 2.22. The van der Waals surface area contributed by atoms with Crippen LogP contribution in [-0.4, -0.2) is 31.1 Å². The van der Waals surface area contributed by atoms with E-state index in [0.717, 1.165) is 16.6 Å². The second-order valence-electron chi connectivity index (χ2n) is 5.51. The fourth-order valence-corrected chi connectivity index (χ4v) is 2.97. The Bertz CT molecular complexity index is 377. The molecular formula is C15H23ClN2. The number of piperidine rings is 1. The van der Waals surface area contributed by atoms with Crippen LogP contribution in [0.5, 0.6) is 0 Å². The van der Waals surface area contributed by atoms with Crippen LogP contribution in [0.25, 0.3) is 0 Å². The number of hydrogen-bond donors (Lipinski definition) is 1. The molecule has 1 unspecified atom stereocenters. The number of aryl methyl sites for hydroxylation is 1. The molecule has 0 aromatic heterocycles.